The largest absolute Gasteiger partial charge is 0.279 e. The van der Waals surface area contributed by atoms with E-state index in [9.17, 15) is 9.59 Å². The van der Waals surface area contributed by atoms with E-state index in [1.807, 2.05) is 91.0 Å². The molecule has 3 aromatic carbocycles. The fourth-order valence-electron chi connectivity index (χ4n) is 3.59. The molecule has 0 fully saturated rings. The number of hydrogen-bond donors (Lipinski definition) is 2. The summed E-state index contributed by atoms with van der Waals surface area (Å²) >= 11 is 2.94. The third-order valence-corrected chi connectivity index (χ3v) is 7.45. The number of rotatable bonds is 5. The molecule has 0 aliphatic carbocycles. The number of thiophene rings is 1. The number of carbonyl (C=O) groups is 2. The van der Waals surface area contributed by atoms with Gasteiger partial charge in [0.2, 0.25) is 5.91 Å². The molecule has 0 spiro atoms. The molecular formula is C26H19N3O2S2. The van der Waals surface area contributed by atoms with Gasteiger partial charge in [0.25, 0.3) is 5.91 Å². The molecule has 0 bridgehead atoms. The van der Waals surface area contributed by atoms with Crippen molar-refractivity contribution >= 4 is 44.7 Å². The zero-order chi connectivity index (χ0) is 22.6. The van der Waals surface area contributed by atoms with Gasteiger partial charge in [0, 0.05) is 0 Å². The minimum atomic E-state index is -0.533. The summed E-state index contributed by atoms with van der Waals surface area (Å²) in [6.45, 7) is 0. The molecule has 0 atom stereocenters. The van der Waals surface area contributed by atoms with E-state index in [-0.39, 0.29) is 11.8 Å². The third-order valence-electron chi connectivity index (χ3n) is 5.16. The molecule has 0 saturated carbocycles. The summed E-state index contributed by atoms with van der Waals surface area (Å²) in [4.78, 5) is 31.9. The molecule has 0 aliphatic rings. The Morgan fingerprint density at radius 3 is 2.00 bits per heavy atom. The number of hydrogen-bond acceptors (Lipinski definition) is 5. The molecule has 2 aromatic heterocycles. The Kier molecular flexibility index (Phi) is 5.97. The fourth-order valence-corrected chi connectivity index (χ4v) is 5.51. The van der Waals surface area contributed by atoms with Crippen LogP contribution in [0.3, 0.4) is 0 Å². The molecule has 0 saturated heterocycles. The number of nitrogens with zero attached hydrogens (tertiary/aromatic N) is 1. The second-order valence-corrected chi connectivity index (χ2v) is 9.46. The maximum absolute atomic E-state index is 13.1. The molecule has 5 nitrogen and oxygen atoms in total. The molecule has 162 valence electrons. The van der Waals surface area contributed by atoms with Crippen LogP contribution in [0.1, 0.15) is 26.7 Å². The first kappa shape index (κ1) is 21.1. The van der Waals surface area contributed by atoms with Crippen molar-refractivity contribution in [3.8, 4) is 9.88 Å². The van der Waals surface area contributed by atoms with Crippen LogP contribution in [0.2, 0.25) is 0 Å². The van der Waals surface area contributed by atoms with Gasteiger partial charge in [-0.3, -0.25) is 20.4 Å². The smallest absolute Gasteiger partial charge is 0.272 e. The van der Waals surface area contributed by atoms with Gasteiger partial charge in [0.05, 0.1) is 25.9 Å². The number of fused-ring (bicyclic) bond motifs is 1. The van der Waals surface area contributed by atoms with Crippen LogP contribution in [0, 0.1) is 0 Å². The lowest BCUT2D eigenvalue weighted by Crippen LogP contribution is -2.44. The molecule has 2 N–H and O–H groups in total. The number of para-hydroxylation sites is 1. The number of thiazole rings is 1. The Bertz CT molecular complexity index is 1340. The normalized spacial score (nSPS) is 10.9. The van der Waals surface area contributed by atoms with Crippen LogP contribution in [0.4, 0.5) is 0 Å². The lowest BCUT2D eigenvalue weighted by atomic mass is 9.91. The highest BCUT2D eigenvalue weighted by atomic mass is 32.1. The van der Waals surface area contributed by atoms with Gasteiger partial charge < -0.3 is 0 Å². The van der Waals surface area contributed by atoms with Gasteiger partial charge in [0.15, 0.2) is 0 Å². The van der Waals surface area contributed by atoms with Crippen LogP contribution in [-0.2, 0) is 4.79 Å². The van der Waals surface area contributed by atoms with E-state index in [1.54, 1.807) is 17.4 Å². The number of nitrogens with one attached hydrogen (secondary N) is 2. The summed E-state index contributed by atoms with van der Waals surface area (Å²) in [5.74, 6) is -1.20. The van der Waals surface area contributed by atoms with Gasteiger partial charge in [-0.2, -0.15) is 0 Å². The molecular weight excluding hydrogens is 450 g/mol. The molecule has 0 aliphatic heterocycles. The number of aromatic nitrogens is 1. The van der Waals surface area contributed by atoms with E-state index in [0.717, 1.165) is 31.2 Å². The van der Waals surface area contributed by atoms with Gasteiger partial charge in [0.1, 0.15) is 5.01 Å². The molecule has 2 amide bonds. The summed E-state index contributed by atoms with van der Waals surface area (Å²) in [6, 6.07) is 30.6. The zero-order valence-electron chi connectivity index (χ0n) is 17.4. The highest BCUT2D eigenvalue weighted by molar-refractivity contribution is 7.26. The van der Waals surface area contributed by atoms with E-state index in [4.69, 9.17) is 0 Å². The van der Waals surface area contributed by atoms with E-state index in [0.29, 0.717) is 4.88 Å². The lowest BCUT2D eigenvalue weighted by Gasteiger charge is -2.18. The van der Waals surface area contributed by atoms with Crippen LogP contribution >= 0.6 is 22.7 Å². The number of amides is 2. The van der Waals surface area contributed by atoms with Crippen LogP contribution in [-0.4, -0.2) is 16.8 Å². The van der Waals surface area contributed by atoms with Crippen LogP contribution in [0.25, 0.3) is 20.1 Å². The summed E-state index contributed by atoms with van der Waals surface area (Å²) in [7, 11) is 0. The van der Waals surface area contributed by atoms with Crippen molar-refractivity contribution in [3.05, 3.63) is 113 Å². The quantitative estimate of drug-likeness (QED) is 0.328. The van der Waals surface area contributed by atoms with Crippen LogP contribution < -0.4 is 10.9 Å². The predicted molar refractivity (Wildman–Crippen MR) is 133 cm³/mol. The molecule has 5 aromatic rings. The summed E-state index contributed by atoms with van der Waals surface area (Å²) in [5, 5.41) is 0.873. The van der Waals surface area contributed by atoms with Gasteiger partial charge in [-0.25, -0.2) is 4.98 Å². The Hall–Kier alpha value is -3.81. The molecule has 0 unspecified atom stereocenters. The van der Waals surface area contributed by atoms with E-state index in [1.165, 1.54) is 11.3 Å². The molecule has 33 heavy (non-hydrogen) atoms. The Labute approximate surface area is 198 Å². The average molecular weight is 470 g/mol. The van der Waals surface area contributed by atoms with Gasteiger partial charge in [-0.1, -0.05) is 72.8 Å². The Balaban J connectivity index is 1.30. The number of benzene rings is 3. The Morgan fingerprint density at radius 2 is 1.33 bits per heavy atom. The number of hydrazine groups is 1. The van der Waals surface area contributed by atoms with Gasteiger partial charge >= 0.3 is 0 Å². The standard InChI is InChI=1S/C26H19N3O2S2/c30-24(21-15-16-22(32-21)26-27-19-13-7-8-14-20(19)33-26)28-29-25(31)23(17-9-3-1-4-10-17)18-11-5-2-6-12-18/h1-16,23H,(H,28,30)(H,29,31). The first-order chi connectivity index (χ1) is 16.2. The van der Waals surface area contributed by atoms with Crippen molar-refractivity contribution < 1.29 is 9.59 Å². The monoisotopic (exact) mass is 469 g/mol. The second-order valence-electron chi connectivity index (χ2n) is 7.35. The third kappa shape index (κ3) is 4.55. The van der Waals surface area contributed by atoms with Crippen molar-refractivity contribution in [2.24, 2.45) is 0 Å². The van der Waals surface area contributed by atoms with Crippen molar-refractivity contribution in [3.63, 3.8) is 0 Å². The van der Waals surface area contributed by atoms with E-state index in [2.05, 4.69) is 15.8 Å². The highest BCUT2D eigenvalue weighted by Crippen LogP contribution is 2.34. The minimum absolute atomic E-state index is 0.302. The van der Waals surface area contributed by atoms with Crippen molar-refractivity contribution in [1.29, 1.82) is 0 Å². The van der Waals surface area contributed by atoms with Crippen molar-refractivity contribution in [2.45, 2.75) is 5.92 Å². The molecule has 5 rings (SSSR count). The second kappa shape index (κ2) is 9.36. The summed E-state index contributed by atoms with van der Waals surface area (Å²) in [6.07, 6.45) is 0. The van der Waals surface area contributed by atoms with Gasteiger partial charge in [-0.05, 0) is 35.4 Å². The Morgan fingerprint density at radius 1 is 0.697 bits per heavy atom. The molecule has 7 heteroatoms. The van der Waals surface area contributed by atoms with Crippen LogP contribution in [0.5, 0.6) is 0 Å². The highest BCUT2D eigenvalue weighted by Gasteiger charge is 2.23. The van der Waals surface area contributed by atoms with Crippen molar-refractivity contribution in [2.75, 3.05) is 0 Å². The van der Waals surface area contributed by atoms with E-state index < -0.39 is 5.92 Å². The topological polar surface area (TPSA) is 71.1 Å². The zero-order valence-corrected chi connectivity index (χ0v) is 19.0. The first-order valence-electron chi connectivity index (χ1n) is 10.3. The minimum Gasteiger partial charge on any atom is -0.272 e. The maximum Gasteiger partial charge on any atom is 0.279 e. The van der Waals surface area contributed by atoms with Gasteiger partial charge in [-0.15, -0.1) is 22.7 Å². The fraction of sp³-hybridized carbons (Fsp3) is 0.0385. The molecule has 2 heterocycles. The lowest BCUT2D eigenvalue weighted by molar-refractivity contribution is -0.122. The summed E-state index contributed by atoms with van der Waals surface area (Å²) < 4.78 is 1.10. The first-order valence-corrected chi connectivity index (χ1v) is 12.0. The van der Waals surface area contributed by atoms with E-state index >= 15 is 0 Å². The SMILES string of the molecule is O=C(NNC(=O)C(c1ccccc1)c1ccccc1)c1ccc(-c2nc3ccccc3s2)s1. The van der Waals surface area contributed by atoms with Crippen LogP contribution in [0.15, 0.2) is 97.1 Å². The van der Waals surface area contributed by atoms with Crippen molar-refractivity contribution in [1.82, 2.24) is 15.8 Å². The average Bonchev–Trinajstić information content (AvgIpc) is 3.51. The molecule has 0 radical (unpaired) electrons. The maximum atomic E-state index is 13.1. The summed E-state index contributed by atoms with van der Waals surface area (Å²) in [5.41, 5.74) is 7.81. The number of carbonyl (C=O) groups excluding carboxylic acids is 2. The predicted octanol–water partition coefficient (Wildman–Crippen LogP) is 5.62.